The first-order chi connectivity index (χ1) is 12.5. The molecule has 1 aromatic heterocycles. The van der Waals surface area contributed by atoms with Crippen molar-refractivity contribution in [3.8, 4) is 5.75 Å². The van der Waals surface area contributed by atoms with Gasteiger partial charge >= 0.3 is 0 Å². The predicted octanol–water partition coefficient (Wildman–Crippen LogP) is 4.49. The molecule has 3 rings (SSSR count). The number of amides is 1. The molecular weight excluding hydrogens is 358 g/mol. The van der Waals surface area contributed by atoms with Crippen molar-refractivity contribution in [1.29, 1.82) is 0 Å². The van der Waals surface area contributed by atoms with Crippen LogP contribution >= 0.6 is 11.3 Å². The summed E-state index contributed by atoms with van der Waals surface area (Å²) in [5, 5.41) is 5.11. The molecule has 1 amide bonds. The fourth-order valence-electron chi connectivity index (χ4n) is 2.26. The molecule has 1 heterocycles. The number of hydrogen-bond acceptors (Lipinski definition) is 4. The van der Waals surface area contributed by atoms with Gasteiger partial charge < -0.3 is 10.1 Å². The third-order valence-electron chi connectivity index (χ3n) is 3.68. The van der Waals surface area contributed by atoms with Gasteiger partial charge in [-0.15, -0.1) is 11.3 Å². The van der Waals surface area contributed by atoms with E-state index in [1.165, 1.54) is 47.7 Å². The number of carbonyl (C=O) groups is 1. The first-order valence-corrected chi connectivity index (χ1v) is 8.78. The monoisotopic (exact) mass is 374 g/mol. The molecule has 0 saturated carbocycles. The van der Waals surface area contributed by atoms with Gasteiger partial charge in [0.2, 0.25) is 0 Å². The van der Waals surface area contributed by atoms with Gasteiger partial charge in [-0.3, -0.25) is 4.79 Å². The normalized spacial score (nSPS) is 11.8. The van der Waals surface area contributed by atoms with E-state index in [1.807, 2.05) is 6.92 Å². The highest BCUT2D eigenvalue weighted by Gasteiger charge is 2.15. The van der Waals surface area contributed by atoms with Crippen LogP contribution in [0.25, 0.3) is 0 Å². The minimum atomic E-state index is -0.333. The predicted molar refractivity (Wildman–Crippen MR) is 95.1 cm³/mol. The molecular formula is C19H16F2N2O2S. The highest BCUT2D eigenvalue weighted by Crippen LogP contribution is 2.17. The standard InChI is InChI=1S/C19H16F2N2O2S/c1-12(13-2-4-14(20)5-3-13)22-19(24)17-11-26-18(23-17)10-25-16-8-6-15(21)7-9-16/h2-9,11-12H,10H2,1H3,(H,22,24)/t12-/m1/s1. The fourth-order valence-corrected chi connectivity index (χ4v) is 2.95. The van der Waals surface area contributed by atoms with Crippen LogP contribution in [0.2, 0.25) is 0 Å². The average Bonchev–Trinajstić information content (AvgIpc) is 3.11. The molecule has 7 heteroatoms. The Labute approximate surface area is 153 Å². The summed E-state index contributed by atoms with van der Waals surface area (Å²) in [7, 11) is 0. The molecule has 4 nitrogen and oxygen atoms in total. The number of thiazole rings is 1. The van der Waals surface area contributed by atoms with Crippen LogP contribution in [0.4, 0.5) is 8.78 Å². The van der Waals surface area contributed by atoms with E-state index in [9.17, 15) is 13.6 Å². The smallest absolute Gasteiger partial charge is 0.271 e. The molecule has 0 fully saturated rings. The van der Waals surface area contributed by atoms with Gasteiger partial charge in [0, 0.05) is 5.38 Å². The van der Waals surface area contributed by atoms with Gasteiger partial charge in [0.25, 0.3) is 5.91 Å². The molecule has 0 aliphatic carbocycles. The molecule has 26 heavy (non-hydrogen) atoms. The molecule has 2 aromatic carbocycles. The molecule has 1 N–H and O–H groups in total. The maximum absolute atomic E-state index is 13.0. The van der Waals surface area contributed by atoms with Crippen molar-refractivity contribution < 1.29 is 18.3 Å². The van der Waals surface area contributed by atoms with Gasteiger partial charge in [0.1, 0.15) is 34.7 Å². The minimum absolute atomic E-state index is 0.192. The minimum Gasteiger partial charge on any atom is -0.486 e. The number of nitrogens with zero attached hydrogens (tertiary/aromatic N) is 1. The zero-order valence-electron chi connectivity index (χ0n) is 13.9. The Balaban J connectivity index is 1.57. The van der Waals surface area contributed by atoms with Gasteiger partial charge in [0.15, 0.2) is 0 Å². The summed E-state index contributed by atoms with van der Waals surface area (Å²) in [6.45, 7) is 2.01. The number of halogens is 2. The zero-order valence-corrected chi connectivity index (χ0v) is 14.7. The number of aromatic nitrogens is 1. The maximum Gasteiger partial charge on any atom is 0.271 e. The number of rotatable bonds is 6. The Kier molecular flexibility index (Phi) is 5.58. The molecule has 0 aliphatic heterocycles. The topological polar surface area (TPSA) is 51.2 Å². The maximum atomic E-state index is 13.0. The highest BCUT2D eigenvalue weighted by atomic mass is 32.1. The summed E-state index contributed by atoms with van der Waals surface area (Å²) in [4.78, 5) is 16.5. The van der Waals surface area contributed by atoms with Crippen molar-refractivity contribution in [2.45, 2.75) is 19.6 Å². The second-order valence-corrected chi connectivity index (χ2v) is 6.56. The summed E-state index contributed by atoms with van der Waals surface area (Å²) in [5.41, 5.74) is 1.09. The Morgan fingerprint density at radius 1 is 1.12 bits per heavy atom. The number of ether oxygens (including phenoxy) is 1. The van der Waals surface area contributed by atoms with Gasteiger partial charge in [-0.2, -0.15) is 0 Å². The van der Waals surface area contributed by atoms with Gasteiger partial charge in [-0.1, -0.05) is 12.1 Å². The van der Waals surface area contributed by atoms with Crippen LogP contribution in [0, 0.1) is 11.6 Å². The molecule has 0 spiro atoms. The van der Waals surface area contributed by atoms with Crippen LogP contribution in [0.3, 0.4) is 0 Å². The van der Waals surface area contributed by atoms with Crippen molar-refractivity contribution in [3.05, 3.63) is 81.8 Å². The van der Waals surface area contributed by atoms with E-state index in [0.717, 1.165) is 5.56 Å². The van der Waals surface area contributed by atoms with Crippen molar-refractivity contribution in [3.63, 3.8) is 0 Å². The third-order valence-corrected chi connectivity index (χ3v) is 4.50. The molecule has 3 aromatic rings. The first kappa shape index (κ1) is 18.0. The van der Waals surface area contributed by atoms with Gasteiger partial charge in [0.05, 0.1) is 6.04 Å². The SMILES string of the molecule is C[C@@H](NC(=O)c1csc(COc2ccc(F)cc2)n1)c1ccc(F)cc1. The van der Waals surface area contributed by atoms with E-state index >= 15 is 0 Å². The third kappa shape index (κ3) is 4.64. The van der Waals surface area contributed by atoms with Crippen molar-refractivity contribution >= 4 is 17.2 Å². The zero-order chi connectivity index (χ0) is 18.5. The number of hydrogen-bond donors (Lipinski definition) is 1. The van der Waals surface area contributed by atoms with E-state index in [0.29, 0.717) is 16.5 Å². The fraction of sp³-hybridized carbons (Fsp3) is 0.158. The van der Waals surface area contributed by atoms with Crippen LogP contribution < -0.4 is 10.1 Å². The molecule has 134 valence electrons. The van der Waals surface area contributed by atoms with E-state index in [2.05, 4.69) is 10.3 Å². The van der Waals surface area contributed by atoms with Crippen molar-refractivity contribution in [1.82, 2.24) is 10.3 Å². The number of nitrogens with one attached hydrogen (secondary N) is 1. The second kappa shape index (κ2) is 8.05. The molecule has 0 saturated heterocycles. The lowest BCUT2D eigenvalue weighted by molar-refractivity contribution is 0.0935. The molecule has 0 unspecified atom stereocenters. The summed E-state index contributed by atoms with van der Waals surface area (Å²) in [6.07, 6.45) is 0. The van der Waals surface area contributed by atoms with Crippen LogP contribution in [0.5, 0.6) is 5.75 Å². The molecule has 0 bridgehead atoms. The van der Waals surface area contributed by atoms with Crippen LogP contribution in [-0.2, 0) is 6.61 Å². The molecule has 1 atom stereocenters. The van der Waals surface area contributed by atoms with Gasteiger partial charge in [-0.05, 0) is 48.9 Å². The van der Waals surface area contributed by atoms with E-state index in [1.54, 1.807) is 17.5 Å². The van der Waals surface area contributed by atoms with Gasteiger partial charge in [-0.25, -0.2) is 13.8 Å². The Hall–Kier alpha value is -2.80. The van der Waals surface area contributed by atoms with E-state index < -0.39 is 0 Å². The Morgan fingerprint density at radius 3 is 2.38 bits per heavy atom. The van der Waals surface area contributed by atoms with Crippen LogP contribution in [0.15, 0.2) is 53.9 Å². The lowest BCUT2D eigenvalue weighted by atomic mass is 10.1. The molecule has 0 aliphatic rings. The number of carbonyl (C=O) groups excluding carboxylic acids is 1. The first-order valence-electron chi connectivity index (χ1n) is 7.90. The summed E-state index contributed by atoms with van der Waals surface area (Å²) in [5.74, 6) is -0.443. The summed E-state index contributed by atoms with van der Waals surface area (Å²) in [6, 6.07) is 11.4. The lowest BCUT2D eigenvalue weighted by Gasteiger charge is -2.13. The largest absolute Gasteiger partial charge is 0.486 e. The van der Waals surface area contributed by atoms with Crippen LogP contribution in [-0.4, -0.2) is 10.9 Å². The quantitative estimate of drug-likeness (QED) is 0.692. The average molecular weight is 374 g/mol. The number of benzene rings is 2. The van der Waals surface area contributed by atoms with E-state index in [-0.39, 0.29) is 30.2 Å². The second-order valence-electron chi connectivity index (χ2n) is 5.62. The summed E-state index contributed by atoms with van der Waals surface area (Å²) >= 11 is 1.30. The van der Waals surface area contributed by atoms with E-state index in [4.69, 9.17) is 4.74 Å². The Bertz CT molecular complexity index is 879. The lowest BCUT2D eigenvalue weighted by Crippen LogP contribution is -2.27. The summed E-state index contributed by atoms with van der Waals surface area (Å²) < 4.78 is 31.3. The van der Waals surface area contributed by atoms with Crippen molar-refractivity contribution in [2.75, 3.05) is 0 Å². The van der Waals surface area contributed by atoms with Crippen LogP contribution in [0.1, 0.15) is 34.0 Å². The highest BCUT2D eigenvalue weighted by molar-refractivity contribution is 7.09. The molecule has 0 radical (unpaired) electrons. The van der Waals surface area contributed by atoms with Crippen molar-refractivity contribution in [2.24, 2.45) is 0 Å². The Morgan fingerprint density at radius 2 is 1.73 bits per heavy atom.